The Hall–Kier alpha value is -2.36. The Morgan fingerprint density at radius 2 is 1.70 bits per heavy atom. The van der Waals surface area contributed by atoms with E-state index in [2.05, 4.69) is 4.98 Å². The summed E-state index contributed by atoms with van der Waals surface area (Å²) >= 11 is 12.0. The maximum Gasteiger partial charge on any atom is 0.255 e. The molecule has 1 heterocycles. The van der Waals surface area contributed by atoms with Crippen molar-refractivity contribution < 1.29 is 4.79 Å². The normalized spacial score (nSPS) is 11.2. The van der Waals surface area contributed by atoms with Crippen LogP contribution >= 0.6 is 23.2 Å². The highest BCUT2D eigenvalue weighted by Crippen LogP contribution is 2.25. The molecule has 5 heteroatoms. The zero-order chi connectivity index (χ0) is 16.4. The number of hydrogen-bond acceptors (Lipinski definition) is 2. The van der Waals surface area contributed by atoms with Crippen LogP contribution < -0.4 is 5.56 Å². The van der Waals surface area contributed by atoms with Crippen LogP contribution in [0.5, 0.6) is 0 Å². The molecule has 3 aromatic rings. The fourth-order valence-electron chi connectivity index (χ4n) is 2.27. The molecule has 2 aromatic carbocycles. The Labute approximate surface area is 142 Å². The number of para-hydroxylation sites is 1. The van der Waals surface area contributed by atoms with Crippen molar-refractivity contribution in [1.29, 1.82) is 0 Å². The molecular formula is C18H11Cl2NO2. The second-order valence-corrected chi connectivity index (χ2v) is 5.75. The third-order valence-electron chi connectivity index (χ3n) is 3.41. The number of benzene rings is 2. The number of halogens is 2. The van der Waals surface area contributed by atoms with E-state index in [1.807, 2.05) is 24.3 Å². The van der Waals surface area contributed by atoms with Gasteiger partial charge in [-0.25, -0.2) is 0 Å². The molecule has 0 fully saturated rings. The van der Waals surface area contributed by atoms with Crippen molar-refractivity contribution in [2.45, 2.75) is 0 Å². The number of hydrogen-bond donors (Lipinski definition) is 1. The third kappa shape index (κ3) is 3.21. The van der Waals surface area contributed by atoms with Gasteiger partial charge >= 0.3 is 0 Å². The monoisotopic (exact) mass is 343 g/mol. The van der Waals surface area contributed by atoms with E-state index in [9.17, 15) is 9.59 Å². The molecule has 23 heavy (non-hydrogen) atoms. The molecule has 0 spiro atoms. The van der Waals surface area contributed by atoms with Crippen molar-refractivity contribution in [1.82, 2.24) is 4.98 Å². The van der Waals surface area contributed by atoms with Crippen LogP contribution in [0.1, 0.15) is 15.9 Å². The highest BCUT2D eigenvalue weighted by atomic mass is 35.5. The summed E-state index contributed by atoms with van der Waals surface area (Å²) in [5.74, 6) is -0.354. The number of ketones is 1. The fourth-order valence-corrected chi connectivity index (χ4v) is 2.85. The second kappa shape index (κ2) is 6.41. The van der Waals surface area contributed by atoms with Crippen LogP contribution in [0.4, 0.5) is 0 Å². The van der Waals surface area contributed by atoms with Gasteiger partial charge in [-0.15, -0.1) is 0 Å². The minimum absolute atomic E-state index is 0.226. The molecule has 0 amide bonds. The average Bonchev–Trinajstić information content (AvgIpc) is 2.52. The molecule has 0 aliphatic carbocycles. The Balaban J connectivity index is 1.98. The van der Waals surface area contributed by atoms with Crippen LogP contribution in [0.25, 0.3) is 17.0 Å². The number of rotatable bonds is 3. The lowest BCUT2D eigenvalue weighted by Crippen LogP contribution is -2.09. The van der Waals surface area contributed by atoms with E-state index in [-0.39, 0.29) is 27.0 Å². The fraction of sp³-hybridized carbons (Fsp3) is 0. The first-order valence-corrected chi connectivity index (χ1v) is 7.60. The van der Waals surface area contributed by atoms with E-state index >= 15 is 0 Å². The summed E-state index contributed by atoms with van der Waals surface area (Å²) in [6.07, 6.45) is 2.76. The summed E-state index contributed by atoms with van der Waals surface area (Å²) in [5, 5.41) is 1.44. The quantitative estimate of drug-likeness (QED) is 0.552. The molecule has 3 rings (SSSR count). The van der Waals surface area contributed by atoms with Gasteiger partial charge < -0.3 is 4.98 Å². The predicted molar refractivity (Wildman–Crippen MR) is 94.4 cm³/mol. The average molecular weight is 344 g/mol. The maximum atomic E-state index is 12.3. The van der Waals surface area contributed by atoms with E-state index in [1.165, 1.54) is 12.2 Å². The van der Waals surface area contributed by atoms with Crippen molar-refractivity contribution in [3.8, 4) is 0 Å². The second-order valence-electron chi connectivity index (χ2n) is 4.94. The molecule has 3 nitrogen and oxygen atoms in total. The van der Waals surface area contributed by atoms with Crippen molar-refractivity contribution in [3.05, 3.63) is 86.1 Å². The van der Waals surface area contributed by atoms with Crippen LogP contribution in [-0.4, -0.2) is 10.8 Å². The third-order valence-corrected chi connectivity index (χ3v) is 4.04. The number of H-pyrrole nitrogens is 1. The summed E-state index contributed by atoms with van der Waals surface area (Å²) < 4.78 is 0. The molecule has 0 bridgehead atoms. The Kier molecular flexibility index (Phi) is 4.33. The number of allylic oxidation sites excluding steroid dienone is 1. The van der Waals surface area contributed by atoms with E-state index in [0.717, 1.165) is 10.9 Å². The summed E-state index contributed by atoms with van der Waals surface area (Å²) in [6.45, 7) is 0. The summed E-state index contributed by atoms with van der Waals surface area (Å²) in [6, 6.07) is 14.0. The summed E-state index contributed by atoms with van der Waals surface area (Å²) in [7, 11) is 0. The van der Waals surface area contributed by atoms with E-state index in [4.69, 9.17) is 23.2 Å². The lowest BCUT2D eigenvalue weighted by molar-refractivity contribution is 0.104. The first-order valence-electron chi connectivity index (χ1n) is 6.85. The van der Waals surface area contributed by atoms with Gasteiger partial charge in [0, 0.05) is 11.1 Å². The van der Waals surface area contributed by atoms with Crippen molar-refractivity contribution in [2.75, 3.05) is 0 Å². The summed E-state index contributed by atoms with van der Waals surface area (Å²) in [5.41, 5.74) is 1.10. The number of carbonyl (C=O) groups is 1. The predicted octanol–water partition coefficient (Wildman–Crippen LogP) is 4.73. The molecule has 1 N–H and O–H groups in total. The van der Waals surface area contributed by atoms with Gasteiger partial charge in [0.1, 0.15) is 0 Å². The lowest BCUT2D eigenvalue weighted by atomic mass is 10.1. The van der Waals surface area contributed by atoms with Crippen molar-refractivity contribution in [3.63, 3.8) is 0 Å². The van der Waals surface area contributed by atoms with E-state index in [0.29, 0.717) is 5.56 Å². The van der Waals surface area contributed by atoms with Crippen LogP contribution in [0.15, 0.2) is 59.4 Å². The minimum Gasteiger partial charge on any atom is -0.321 e. The maximum absolute atomic E-state index is 12.3. The number of pyridine rings is 1. The zero-order valence-corrected chi connectivity index (χ0v) is 13.4. The standard InChI is InChI=1S/C18H11Cl2NO2/c19-13-5-3-6-14(20)17(13)16(22)9-8-12-10-11-4-1-2-7-15(11)21-18(12)23/h1-10H,(H,21,23)/b9-8+. The molecular weight excluding hydrogens is 333 g/mol. The topological polar surface area (TPSA) is 49.9 Å². The first-order chi connectivity index (χ1) is 11.1. The number of aromatic amines is 1. The lowest BCUT2D eigenvalue weighted by Gasteiger charge is -2.02. The van der Waals surface area contributed by atoms with Crippen LogP contribution in [0.2, 0.25) is 10.0 Å². The Morgan fingerprint density at radius 3 is 2.43 bits per heavy atom. The molecule has 0 radical (unpaired) electrons. The van der Waals surface area contributed by atoms with E-state index < -0.39 is 0 Å². The first kappa shape index (κ1) is 15.5. The van der Waals surface area contributed by atoms with Gasteiger partial charge in [0.2, 0.25) is 0 Å². The van der Waals surface area contributed by atoms with Crippen molar-refractivity contribution >= 4 is 46.0 Å². The smallest absolute Gasteiger partial charge is 0.255 e. The highest BCUT2D eigenvalue weighted by Gasteiger charge is 2.11. The SMILES string of the molecule is O=C(/C=C/c1cc2ccccc2[nH]c1=O)c1c(Cl)cccc1Cl. The molecule has 0 atom stereocenters. The molecule has 0 unspecified atom stereocenters. The van der Waals surface area contributed by atoms with E-state index in [1.54, 1.807) is 24.3 Å². The zero-order valence-electron chi connectivity index (χ0n) is 11.8. The van der Waals surface area contributed by atoms with Gasteiger partial charge in [-0.3, -0.25) is 9.59 Å². The number of fused-ring (bicyclic) bond motifs is 1. The summed E-state index contributed by atoms with van der Waals surface area (Å²) in [4.78, 5) is 27.1. The van der Waals surface area contributed by atoms with Crippen LogP contribution in [0, 0.1) is 0 Å². The molecule has 1 aromatic heterocycles. The van der Waals surface area contributed by atoms with Crippen molar-refractivity contribution in [2.24, 2.45) is 0 Å². The molecule has 0 aliphatic heterocycles. The minimum atomic E-state index is -0.354. The van der Waals surface area contributed by atoms with Gasteiger partial charge in [-0.1, -0.05) is 47.5 Å². The van der Waals surface area contributed by atoms with Gasteiger partial charge in [0.05, 0.1) is 15.6 Å². The molecule has 0 saturated carbocycles. The number of nitrogens with one attached hydrogen (secondary N) is 1. The number of carbonyl (C=O) groups excluding carboxylic acids is 1. The molecule has 0 saturated heterocycles. The molecule has 0 aliphatic rings. The van der Waals surface area contributed by atoms with Crippen LogP contribution in [-0.2, 0) is 0 Å². The van der Waals surface area contributed by atoms with Gasteiger partial charge in [0.15, 0.2) is 5.78 Å². The number of aromatic nitrogens is 1. The highest BCUT2D eigenvalue weighted by molar-refractivity contribution is 6.40. The Bertz CT molecular complexity index is 969. The van der Waals surface area contributed by atoms with Gasteiger partial charge in [0.25, 0.3) is 5.56 Å². The largest absolute Gasteiger partial charge is 0.321 e. The Morgan fingerprint density at radius 1 is 1.00 bits per heavy atom. The van der Waals surface area contributed by atoms with Gasteiger partial charge in [-0.2, -0.15) is 0 Å². The van der Waals surface area contributed by atoms with Gasteiger partial charge in [-0.05, 0) is 41.8 Å². The van der Waals surface area contributed by atoms with Crippen LogP contribution in [0.3, 0.4) is 0 Å². The molecule has 114 valence electrons.